The monoisotopic (exact) mass is 364 g/mol. The van der Waals surface area contributed by atoms with Gasteiger partial charge in [0, 0.05) is 0 Å². The predicted molar refractivity (Wildman–Crippen MR) is 88.5 cm³/mol. The summed E-state index contributed by atoms with van der Waals surface area (Å²) < 4.78 is 5.66. The maximum atomic E-state index is 12.3. The van der Waals surface area contributed by atoms with Crippen molar-refractivity contribution in [1.82, 2.24) is 10.2 Å². The molecule has 2 heterocycles. The molecule has 9 heteroatoms. The van der Waals surface area contributed by atoms with Gasteiger partial charge in [0.25, 0.3) is 5.91 Å². The Morgan fingerprint density at radius 1 is 1.32 bits per heavy atom. The number of thioether (sulfide) groups is 1. The Morgan fingerprint density at radius 3 is 2.60 bits per heavy atom. The second-order valence-corrected chi connectivity index (χ2v) is 7.37. The summed E-state index contributed by atoms with van der Waals surface area (Å²) in [4.78, 5) is 34.7. The molecule has 1 fully saturated rings. The maximum Gasteiger partial charge on any atom is 0.406 e. The third kappa shape index (κ3) is 3.33. The van der Waals surface area contributed by atoms with Crippen molar-refractivity contribution in [2.45, 2.75) is 29.9 Å². The summed E-state index contributed by atoms with van der Waals surface area (Å²) in [5.41, 5.74) is 0.638. The zero-order chi connectivity index (χ0) is 18.2. The number of ether oxygens (including phenoxy) is 1. The molecule has 3 N–H and O–H groups in total. The fraction of sp³-hybridized carbons (Fsp3) is 0.312. The van der Waals surface area contributed by atoms with Crippen molar-refractivity contribution in [2.24, 2.45) is 0 Å². The highest BCUT2D eigenvalue weighted by atomic mass is 32.2. The molecule has 2 amide bonds. The van der Waals surface area contributed by atoms with E-state index in [-0.39, 0.29) is 12.3 Å². The highest BCUT2D eigenvalue weighted by Crippen LogP contribution is 2.46. The average molecular weight is 364 g/mol. The van der Waals surface area contributed by atoms with Crippen LogP contribution in [0.2, 0.25) is 0 Å². The summed E-state index contributed by atoms with van der Waals surface area (Å²) in [5.74, 6) is -1.74. The third-order valence-corrected chi connectivity index (χ3v) is 5.29. The van der Waals surface area contributed by atoms with Crippen molar-refractivity contribution < 1.29 is 29.3 Å². The number of nitrogens with one attached hydrogen (secondary N) is 1. The van der Waals surface area contributed by atoms with Crippen molar-refractivity contribution in [1.29, 1.82) is 0 Å². The molecular weight excluding hydrogens is 348 g/mol. The number of fused-ring (bicyclic) bond motifs is 1. The topological polar surface area (TPSA) is 116 Å². The second-order valence-electron chi connectivity index (χ2n) is 5.81. The molecule has 0 aromatic heterocycles. The zero-order valence-corrected chi connectivity index (χ0v) is 14.0. The van der Waals surface area contributed by atoms with Crippen LogP contribution >= 0.6 is 11.8 Å². The van der Waals surface area contributed by atoms with Crippen LogP contribution in [0.25, 0.3) is 0 Å². The van der Waals surface area contributed by atoms with Gasteiger partial charge in [-0.1, -0.05) is 30.3 Å². The number of carboxylic acids is 1. The van der Waals surface area contributed by atoms with E-state index >= 15 is 0 Å². The van der Waals surface area contributed by atoms with Crippen molar-refractivity contribution in [3.05, 3.63) is 47.7 Å². The van der Waals surface area contributed by atoms with Gasteiger partial charge in [0.15, 0.2) is 6.10 Å². The molecular formula is C16H16N2O6S. The van der Waals surface area contributed by atoms with Crippen LogP contribution in [0, 0.1) is 0 Å². The Balaban J connectivity index is 1.79. The Bertz CT molecular complexity index is 752. The smallest absolute Gasteiger partial charge is 0.406 e. The molecule has 2 aliphatic heterocycles. The summed E-state index contributed by atoms with van der Waals surface area (Å²) in [6, 6.07) is 9.27. The van der Waals surface area contributed by atoms with Gasteiger partial charge in [0.1, 0.15) is 15.9 Å². The van der Waals surface area contributed by atoms with E-state index in [9.17, 15) is 19.5 Å². The Morgan fingerprint density at radius 2 is 2.00 bits per heavy atom. The summed E-state index contributed by atoms with van der Waals surface area (Å²) in [6.07, 6.45) is -0.879. The summed E-state index contributed by atoms with van der Waals surface area (Å²) in [7, 11) is 0. The second kappa shape index (κ2) is 6.41. The molecule has 1 aromatic rings. The van der Waals surface area contributed by atoms with E-state index < -0.39 is 34.3 Å². The molecule has 0 bridgehead atoms. The van der Waals surface area contributed by atoms with Gasteiger partial charge in [-0.3, -0.25) is 9.69 Å². The number of amides is 2. The molecule has 2 unspecified atom stereocenters. The predicted octanol–water partition coefficient (Wildman–Crippen LogP) is 1.44. The van der Waals surface area contributed by atoms with Crippen LogP contribution in [0.1, 0.15) is 12.5 Å². The van der Waals surface area contributed by atoms with E-state index in [1.54, 1.807) is 6.92 Å². The van der Waals surface area contributed by atoms with Crippen LogP contribution in [0.4, 0.5) is 4.79 Å². The number of carbonyl (C=O) groups is 3. The lowest BCUT2D eigenvalue weighted by molar-refractivity contribution is -0.166. The van der Waals surface area contributed by atoms with Gasteiger partial charge in [0.2, 0.25) is 0 Å². The van der Waals surface area contributed by atoms with Crippen LogP contribution in [0.15, 0.2) is 42.1 Å². The number of benzene rings is 1. The van der Waals surface area contributed by atoms with Crippen molar-refractivity contribution >= 4 is 29.7 Å². The third-order valence-electron chi connectivity index (χ3n) is 3.88. The fourth-order valence-electron chi connectivity index (χ4n) is 2.78. The Labute approximate surface area is 147 Å². The van der Waals surface area contributed by atoms with Crippen LogP contribution in [-0.4, -0.2) is 49.4 Å². The van der Waals surface area contributed by atoms with Gasteiger partial charge < -0.3 is 20.3 Å². The van der Waals surface area contributed by atoms with Gasteiger partial charge in [-0.15, -0.1) is 11.8 Å². The van der Waals surface area contributed by atoms with Crippen molar-refractivity contribution in [2.75, 3.05) is 0 Å². The van der Waals surface area contributed by atoms with E-state index in [4.69, 9.17) is 9.84 Å². The number of carboxylic acid groups (broad SMARTS) is 2. The number of β-lactam (4-membered cyclic amide) rings is 1. The maximum absolute atomic E-state index is 12.3. The number of hydrogen-bond donors (Lipinski definition) is 3. The summed E-state index contributed by atoms with van der Waals surface area (Å²) in [6.45, 7) is 1.75. The SMILES string of the molecule is CC1(NC(=O)O)C=C(C(=O)O)N2C(=O)C(OCc3ccccc3)[C@H]2S1. The van der Waals surface area contributed by atoms with Crippen LogP contribution in [-0.2, 0) is 20.9 Å². The van der Waals surface area contributed by atoms with Crippen LogP contribution in [0.3, 0.4) is 0 Å². The van der Waals surface area contributed by atoms with Gasteiger partial charge in [0.05, 0.1) is 6.61 Å². The van der Waals surface area contributed by atoms with Crippen LogP contribution in [0.5, 0.6) is 0 Å². The highest BCUT2D eigenvalue weighted by Gasteiger charge is 2.57. The van der Waals surface area contributed by atoms with Gasteiger partial charge in [-0.2, -0.15) is 0 Å². The highest BCUT2D eigenvalue weighted by molar-refractivity contribution is 8.01. The molecule has 25 heavy (non-hydrogen) atoms. The number of rotatable bonds is 5. The molecule has 0 saturated carbocycles. The number of nitrogens with zero attached hydrogens (tertiary/aromatic N) is 1. The van der Waals surface area contributed by atoms with E-state index in [1.807, 2.05) is 30.3 Å². The molecule has 8 nitrogen and oxygen atoms in total. The lowest BCUT2D eigenvalue weighted by Gasteiger charge is -2.51. The fourth-order valence-corrected chi connectivity index (χ4v) is 4.25. The minimum absolute atomic E-state index is 0.206. The van der Waals surface area contributed by atoms with Crippen molar-refractivity contribution in [3.8, 4) is 0 Å². The number of carbonyl (C=O) groups excluding carboxylic acids is 1. The molecule has 0 radical (unpaired) electrons. The standard InChI is InChI=1S/C16H16N2O6S/c1-16(17-15(22)23)7-10(14(20)21)18-12(19)11(13(18)25-16)24-8-9-5-3-2-4-6-9/h2-7,11,13,17H,8H2,1H3,(H,20,21)(H,22,23)/t11?,13-,16?/m1/s1. The molecule has 1 aromatic carbocycles. The minimum Gasteiger partial charge on any atom is -0.477 e. The molecule has 0 spiro atoms. The first-order valence-electron chi connectivity index (χ1n) is 7.44. The average Bonchev–Trinajstić information content (AvgIpc) is 2.54. The lowest BCUT2D eigenvalue weighted by atomic mass is 10.1. The molecule has 1 saturated heterocycles. The molecule has 3 atom stereocenters. The summed E-state index contributed by atoms with van der Waals surface area (Å²) >= 11 is 1.13. The Hall–Kier alpha value is -2.52. The van der Waals surface area contributed by atoms with E-state index in [1.165, 1.54) is 6.08 Å². The first-order chi connectivity index (χ1) is 11.8. The zero-order valence-electron chi connectivity index (χ0n) is 13.2. The Kier molecular flexibility index (Phi) is 4.44. The normalized spacial score (nSPS) is 27.8. The van der Waals surface area contributed by atoms with Gasteiger partial charge >= 0.3 is 12.1 Å². The summed E-state index contributed by atoms with van der Waals surface area (Å²) in [5, 5.41) is 20.0. The quantitative estimate of drug-likeness (QED) is 0.677. The largest absolute Gasteiger partial charge is 0.477 e. The van der Waals surface area contributed by atoms with E-state index in [0.717, 1.165) is 22.2 Å². The van der Waals surface area contributed by atoms with E-state index in [2.05, 4.69) is 5.32 Å². The molecule has 2 aliphatic rings. The van der Waals surface area contributed by atoms with Gasteiger partial charge in [-0.05, 0) is 18.6 Å². The minimum atomic E-state index is -1.29. The number of hydrogen-bond acceptors (Lipinski definition) is 5. The van der Waals surface area contributed by atoms with Gasteiger partial charge in [-0.25, -0.2) is 9.59 Å². The molecule has 3 rings (SSSR count). The molecule has 132 valence electrons. The lowest BCUT2D eigenvalue weighted by Crippen LogP contribution is -2.68. The number of aliphatic carboxylic acids is 1. The first kappa shape index (κ1) is 17.3. The van der Waals surface area contributed by atoms with Crippen LogP contribution < -0.4 is 5.32 Å². The van der Waals surface area contributed by atoms with E-state index in [0.29, 0.717) is 0 Å². The van der Waals surface area contributed by atoms with Crippen molar-refractivity contribution in [3.63, 3.8) is 0 Å². The first-order valence-corrected chi connectivity index (χ1v) is 8.32. The molecule has 0 aliphatic carbocycles.